The molecular weight excluding hydrogens is 388 g/mol. The van der Waals surface area contributed by atoms with Crippen LogP contribution in [0.2, 0.25) is 39.3 Å². The van der Waals surface area contributed by atoms with Crippen molar-refractivity contribution in [3.8, 4) is 0 Å². The first-order valence-corrected chi connectivity index (χ1v) is 19.2. The summed E-state index contributed by atoms with van der Waals surface area (Å²) in [4.78, 5) is 0. The summed E-state index contributed by atoms with van der Waals surface area (Å²) in [5.74, 6) is 2.64. The first-order chi connectivity index (χ1) is 13.3. The molecule has 29 heavy (non-hydrogen) atoms. The predicted molar refractivity (Wildman–Crippen MR) is 128 cm³/mol. The van der Waals surface area contributed by atoms with Crippen LogP contribution in [0.4, 0.5) is 0 Å². The molecule has 0 saturated heterocycles. The van der Waals surface area contributed by atoms with Gasteiger partial charge < -0.3 is 8.85 Å². The van der Waals surface area contributed by atoms with E-state index in [0.717, 1.165) is 17.8 Å². The van der Waals surface area contributed by atoms with Crippen LogP contribution in [-0.4, -0.2) is 28.8 Å². The van der Waals surface area contributed by atoms with Crippen LogP contribution in [0, 0.1) is 28.6 Å². The highest BCUT2D eigenvalue weighted by atomic mass is 28.4. The molecule has 7 unspecified atom stereocenters. The van der Waals surface area contributed by atoms with Crippen molar-refractivity contribution >= 4 is 16.6 Å². The van der Waals surface area contributed by atoms with E-state index in [1.807, 2.05) is 0 Å². The standard InChI is InChI=1S/C25H46O2Si2/c1-24-13-12-22-21(23(24)16-20(17-24)27-29(6,7)8)10-9-18-15-19(26-28(3,4)5)11-14-25(18,22)2/h9,19-23H,10-17H2,1-8H3. The lowest BCUT2D eigenvalue weighted by Gasteiger charge is -2.57. The lowest BCUT2D eigenvalue weighted by atomic mass is 9.48. The van der Waals surface area contributed by atoms with Crippen molar-refractivity contribution in [2.45, 2.75) is 117 Å². The smallest absolute Gasteiger partial charge is 0.184 e. The van der Waals surface area contributed by atoms with Gasteiger partial charge in [0, 0.05) is 12.2 Å². The molecule has 3 saturated carbocycles. The summed E-state index contributed by atoms with van der Waals surface area (Å²) in [6.07, 6.45) is 14.3. The molecule has 0 radical (unpaired) electrons. The van der Waals surface area contributed by atoms with Gasteiger partial charge >= 0.3 is 0 Å². The fourth-order valence-electron chi connectivity index (χ4n) is 7.81. The summed E-state index contributed by atoms with van der Waals surface area (Å²) in [6.45, 7) is 19.3. The average molecular weight is 435 g/mol. The van der Waals surface area contributed by atoms with Gasteiger partial charge in [0.05, 0.1) is 0 Å². The fraction of sp³-hybridized carbons (Fsp3) is 0.920. The lowest BCUT2D eigenvalue weighted by molar-refractivity contribution is -0.0344. The van der Waals surface area contributed by atoms with E-state index in [2.05, 4.69) is 59.2 Å². The molecule has 4 heteroatoms. The van der Waals surface area contributed by atoms with E-state index in [1.165, 1.54) is 51.4 Å². The zero-order valence-electron chi connectivity index (χ0n) is 20.4. The van der Waals surface area contributed by atoms with Gasteiger partial charge in [-0.05, 0) is 119 Å². The Labute approximate surface area is 182 Å². The van der Waals surface area contributed by atoms with E-state index in [9.17, 15) is 0 Å². The topological polar surface area (TPSA) is 18.5 Å². The summed E-state index contributed by atoms with van der Waals surface area (Å²) in [6, 6.07) is 0. The quantitative estimate of drug-likeness (QED) is 0.339. The van der Waals surface area contributed by atoms with Gasteiger partial charge in [-0.25, -0.2) is 0 Å². The van der Waals surface area contributed by atoms with Crippen LogP contribution in [0.5, 0.6) is 0 Å². The van der Waals surface area contributed by atoms with E-state index in [-0.39, 0.29) is 0 Å². The maximum absolute atomic E-state index is 6.64. The molecule has 0 N–H and O–H groups in total. The van der Waals surface area contributed by atoms with Gasteiger partial charge in [-0.3, -0.25) is 0 Å². The van der Waals surface area contributed by atoms with Crippen molar-refractivity contribution in [1.29, 1.82) is 0 Å². The van der Waals surface area contributed by atoms with Crippen molar-refractivity contribution in [3.05, 3.63) is 11.6 Å². The van der Waals surface area contributed by atoms with Crippen molar-refractivity contribution in [2.24, 2.45) is 28.6 Å². The maximum atomic E-state index is 6.64. The highest BCUT2D eigenvalue weighted by molar-refractivity contribution is 6.70. The number of fused-ring (bicyclic) bond motifs is 5. The molecule has 0 aromatic carbocycles. The van der Waals surface area contributed by atoms with Gasteiger partial charge in [-0.15, -0.1) is 0 Å². The third-order valence-corrected chi connectivity index (χ3v) is 10.9. The molecular formula is C25H46O2Si2. The van der Waals surface area contributed by atoms with E-state index < -0.39 is 16.6 Å². The molecule has 7 atom stereocenters. The highest BCUT2D eigenvalue weighted by Crippen LogP contribution is 2.65. The van der Waals surface area contributed by atoms with Crippen LogP contribution in [0.25, 0.3) is 0 Å². The molecule has 166 valence electrons. The van der Waals surface area contributed by atoms with Gasteiger partial charge in [0.1, 0.15) is 0 Å². The molecule has 0 bridgehead atoms. The van der Waals surface area contributed by atoms with Gasteiger partial charge in [0.2, 0.25) is 0 Å². The Bertz CT molecular complexity index is 661. The predicted octanol–water partition coefficient (Wildman–Crippen LogP) is 7.39. The number of hydrogen-bond acceptors (Lipinski definition) is 2. The van der Waals surface area contributed by atoms with Crippen molar-refractivity contribution in [1.82, 2.24) is 0 Å². The van der Waals surface area contributed by atoms with Crippen LogP contribution in [-0.2, 0) is 8.85 Å². The Morgan fingerprint density at radius 3 is 2.17 bits per heavy atom. The van der Waals surface area contributed by atoms with Crippen LogP contribution in [0.3, 0.4) is 0 Å². The Balaban J connectivity index is 1.52. The van der Waals surface area contributed by atoms with Crippen molar-refractivity contribution in [2.75, 3.05) is 0 Å². The minimum Gasteiger partial charge on any atom is -0.415 e. The van der Waals surface area contributed by atoms with E-state index in [4.69, 9.17) is 8.85 Å². The van der Waals surface area contributed by atoms with E-state index in [1.54, 1.807) is 5.57 Å². The first-order valence-electron chi connectivity index (χ1n) is 12.3. The third kappa shape index (κ3) is 4.38. The lowest BCUT2D eigenvalue weighted by Crippen LogP contribution is -2.50. The molecule has 0 spiro atoms. The van der Waals surface area contributed by atoms with Crippen LogP contribution in [0.15, 0.2) is 11.6 Å². The number of hydrogen-bond donors (Lipinski definition) is 0. The van der Waals surface area contributed by atoms with Crippen molar-refractivity contribution in [3.63, 3.8) is 0 Å². The Morgan fingerprint density at radius 2 is 1.52 bits per heavy atom. The zero-order chi connectivity index (χ0) is 21.2. The molecule has 2 nitrogen and oxygen atoms in total. The second-order valence-electron chi connectivity index (χ2n) is 13.3. The molecule has 4 aliphatic carbocycles. The summed E-state index contributed by atoms with van der Waals surface area (Å²) in [5, 5.41) is 0. The molecule has 0 heterocycles. The zero-order valence-corrected chi connectivity index (χ0v) is 22.4. The SMILES string of the molecule is CC12CCC3C(CC=C4CC(O[Si](C)(C)C)CCC43C)C1CC(O[Si](C)(C)C)C2. The minimum atomic E-state index is -1.46. The summed E-state index contributed by atoms with van der Waals surface area (Å²) in [5.41, 5.74) is 2.71. The van der Waals surface area contributed by atoms with E-state index in [0.29, 0.717) is 23.0 Å². The first kappa shape index (κ1) is 22.3. The maximum Gasteiger partial charge on any atom is 0.184 e. The van der Waals surface area contributed by atoms with Gasteiger partial charge in [0.15, 0.2) is 16.6 Å². The average Bonchev–Trinajstić information content (AvgIpc) is 2.88. The fourth-order valence-corrected chi connectivity index (χ4v) is 10.2. The van der Waals surface area contributed by atoms with Crippen molar-refractivity contribution < 1.29 is 8.85 Å². The second-order valence-corrected chi connectivity index (χ2v) is 22.3. The summed E-state index contributed by atoms with van der Waals surface area (Å²) < 4.78 is 13.2. The van der Waals surface area contributed by atoms with Gasteiger partial charge in [0.25, 0.3) is 0 Å². The second kappa shape index (κ2) is 7.32. The molecule has 4 rings (SSSR count). The number of rotatable bonds is 4. The Morgan fingerprint density at radius 1 is 0.862 bits per heavy atom. The molecule has 3 fully saturated rings. The Kier molecular flexibility index (Phi) is 5.62. The molecule has 0 aromatic rings. The van der Waals surface area contributed by atoms with Crippen LogP contribution in [0.1, 0.15) is 65.2 Å². The molecule has 0 aromatic heterocycles. The molecule has 0 amide bonds. The monoisotopic (exact) mass is 434 g/mol. The van der Waals surface area contributed by atoms with Gasteiger partial charge in [-0.1, -0.05) is 25.5 Å². The number of allylic oxidation sites excluding steroid dienone is 1. The minimum absolute atomic E-state index is 0.432. The summed E-state index contributed by atoms with van der Waals surface area (Å²) >= 11 is 0. The van der Waals surface area contributed by atoms with Crippen LogP contribution < -0.4 is 0 Å². The normalized spacial score (nSPS) is 45.2. The van der Waals surface area contributed by atoms with Gasteiger partial charge in [-0.2, -0.15) is 0 Å². The van der Waals surface area contributed by atoms with E-state index >= 15 is 0 Å². The highest BCUT2D eigenvalue weighted by Gasteiger charge is 2.58. The van der Waals surface area contributed by atoms with Crippen LogP contribution >= 0.6 is 0 Å². The Hall–Kier alpha value is 0.0938. The third-order valence-electron chi connectivity index (χ3n) is 8.83. The molecule has 4 aliphatic rings. The molecule has 0 aliphatic heterocycles. The summed E-state index contributed by atoms with van der Waals surface area (Å²) in [7, 11) is -2.91. The largest absolute Gasteiger partial charge is 0.415 e.